The molecule has 2 aromatic rings. The molecule has 5 nitrogen and oxygen atoms in total. The summed E-state index contributed by atoms with van der Waals surface area (Å²) in [5, 5.41) is 2.83. The van der Waals surface area contributed by atoms with Crippen molar-refractivity contribution in [3.05, 3.63) is 47.8 Å². The summed E-state index contributed by atoms with van der Waals surface area (Å²) in [5.74, 6) is 1.28. The summed E-state index contributed by atoms with van der Waals surface area (Å²) in [5.41, 5.74) is 2.31. The number of aromatic nitrogens is 2. The highest BCUT2D eigenvalue weighted by atomic mass is 16.1. The lowest BCUT2D eigenvalue weighted by Gasteiger charge is -2.15. The van der Waals surface area contributed by atoms with Crippen LogP contribution in [0, 0.1) is 12.8 Å². The molecule has 22 heavy (non-hydrogen) atoms. The molecular weight excluding hydrogens is 276 g/mol. The topological polar surface area (TPSA) is 58.1 Å². The minimum absolute atomic E-state index is 0.144. The van der Waals surface area contributed by atoms with Gasteiger partial charge in [-0.3, -0.25) is 4.79 Å². The summed E-state index contributed by atoms with van der Waals surface area (Å²) >= 11 is 0. The number of hydrogen-bond acceptors (Lipinski definition) is 4. The zero-order chi connectivity index (χ0) is 15.5. The standard InChI is InChI=1S/C17H20N4O/c1-12-4-3-5-14(8-12)16(22)20-15-9-18-17(19-10-15)21-7-6-13(2)11-21/h3-5,8-10,13H,6-7,11H2,1-2H3,(H,20,22). The fraction of sp³-hybridized carbons (Fsp3) is 0.353. The number of carbonyl (C=O) groups is 1. The molecule has 5 heteroatoms. The molecule has 1 amide bonds. The third kappa shape index (κ3) is 3.24. The van der Waals surface area contributed by atoms with Crippen molar-refractivity contribution in [1.82, 2.24) is 9.97 Å². The Labute approximate surface area is 130 Å². The molecule has 1 atom stereocenters. The maximum Gasteiger partial charge on any atom is 0.255 e. The van der Waals surface area contributed by atoms with Crippen LogP contribution in [0.2, 0.25) is 0 Å². The molecule has 114 valence electrons. The molecule has 0 aliphatic carbocycles. The van der Waals surface area contributed by atoms with Gasteiger partial charge in [0, 0.05) is 18.7 Å². The lowest BCUT2D eigenvalue weighted by atomic mass is 10.1. The number of carbonyl (C=O) groups excluding carboxylic acids is 1. The van der Waals surface area contributed by atoms with E-state index < -0.39 is 0 Å². The molecule has 1 aromatic carbocycles. The van der Waals surface area contributed by atoms with Gasteiger partial charge in [0.25, 0.3) is 5.91 Å². The summed E-state index contributed by atoms with van der Waals surface area (Å²) in [4.78, 5) is 23.1. The van der Waals surface area contributed by atoms with Crippen LogP contribution in [0.15, 0.2) is 36.7 Å². The third-order valence-corrected chi connectivity index (χ3v) is 3.88. The second-order valence-electron chi connectivity index (χ2n) is 5.94. The van der Waals surface area contributed by atoms with E-state index in [9.17, 15) is 4.79 Å². The number of anilines is 2. The van der Waals surface area contributed by atoms with Crippen molar-refractivity contribution in [2.45, 2.75) is 20.3 Å². The van der Waals surface area contributed by atoms with Crippen molar-refractivity contribution >= 4 is 17.5 Å². The van der Waals surface area contributed by atoms with Crippen molar-refractivity contribution < 1.29 is 4.79 Å². The van der Waals surface area contributed by atoms with E-state index in [1.807, 2.05) is 25.1 Å². The smallest absolute Gasteiger partial charge is 0.255 e. The normalized spacial score (nSPS) is 17.5. The summed E-state index contributed by atoms with van der Waals surface area (Å²) in [7, 11) is 0. The van der Waals surface area contributed by atoms with E-state index in [-0.39, 0.29) is 5.91 Å². The van der Waals surface area contributed by atoms with E-state index in [1.54, 1.807) is 18.5 Å². The highest BCUT2D eigenvalue weighted by Gasteiger charge is 2.20. The van der Waals surface area contributed by atoms with Crippen LogP contribution in [0.25, 0.3) is 0 Å². The van der Waals surface area contributed by atoms with Gasteiger partial charge in [0.1, 0.15) is 0 Å². The highest BCUT2D eigenvalue weighted by Crippen LogP contribution is 2.20. The lowest BCUT2D eigenvalue weighted by Crippen LogP contribution is -2.21. The number of benzene rings is 1. The highest BCUT2D eigenvalue weighted by molar-refractivity contribution is 6.04. The number of nitrogens with zero attached hydrogens (tertiary/aromatic N) is 3. The molecule has 3 rings (SSSR count). The zero-order valence-corrected chi connectivity index (χ0v) is 12.9. The van der Waals surface area contributed by atoms with Crippen LogP contribution in [0.5, 0.6) is 0 Å². The summed E-state index contributed by atoms with van der Waals surface area (Å²) in [6.07, 6.45) is 4.51. The number of nitrogens with one attached hydrogen (secondary N) is 1. The largest absolute Gasteiger partial charge is 0.341 e. The van der Waals surface area contributed by atoms with Gasteiger partial charge in [0.05, 0.1) is 18.1 Å². The van der Waals surface area contributed by atoms with Crippen molar-refractivity contribution in [3.8, 4) is 0 Å². The molecule has 1 fully saturated rings. The SMILES string of the molecule is Cc1cccc(C(=O)Nc2cnc(N3CCC(C)C3)nc2)c1. The Morgan fingerprint density at radius 3 is 2.73 bits per heavy atom. The molecule has 1 aliphatic heterocycles. The van der Waals surface area contributed by atoms with Gasteiger partial charge in [0.2, 0.25) is 5.95 Å². The molecule has 0 saturated carbocycles. The summed E-state index contributed by atoms with van der Waals surface area (Å²) in [6.45, 7) is 6.19. The molecular formula is C17H20N4O. The predicted octanol–water partition coefficient (Wildman–Crippen LogP) is 2.88. The molecule has 0 spiro atoms. The van der Waals surface area contributed by atoms with Crippen LogP contribution in [-0.2, 0) is 0 Å². The number of rotatable bonds is 3. The van der Waals surface area contributed by atoms with Crippen LogP contribution in [0.4, 0.5) is 11.6 Å². The van der Waals surface area contributed by atoms with Gasteiger partial charge in [-0.1, -0.05) is 24.6 Å². The van der Waals surface area contributed by atoms with Gasteiger partial charge in [0.15, 0.2) is 0 Å². The molecule has 1 N–H and O–H groups in total. The van der Waals surface area contributed by atoms with Crippen LogP contribution in [0.3, 0.4) is 0 Å². The van der Waals surface area contributed by atoms with E-state index in [0.717, 1.165) is 24.6 Å². The number of hydrogen-bond donors (Lipinski definition) is 1. The van der Waals surface area contributed by atoms with E-state index in [2.05, 4.69) is 27.1 Å². The van der Waals surface area contributed by atoms with Gasteiger partial charge < -0.3 is 10.2 Å². The fourth-order valence-corrected chi connectivity index (χ4v) is 2.66. The monoisotopic (exact) mass is 296 g/mol. The molecule has 1 aliphatic rings. The van der Waals surface area contributed by atoms with E-state index in [4.69, 9.17) is 0 Å². The summed E-state index contributed by atoms with van der Waals surface area (Å²) in [6, 6.07) is 7.49. The van der Waals surface area contributed by atoms with E-state index in [1.165, 1.54) is 6.42 Å². The predicted molar refractivity (Wildman–Crippen MR) is 87.2 cm³/mol. The van der Waals surface area contributed by atoms with Gasteiger partial charge in [-0.2, -0.15) is 0 Å². The van der Waals surface area contributed by atoms with Crippen LogP contribution >= 0.6 is 0 Å². The van der Waals surface area contributed by atoms with Crippen LogP contribution in [0.1, 0.15) is 29.3 Å². The molecule has 1 aromatic heterocycles. The number of amides is 1. The molecule has 1 unspecified atom stereocenters. The van der Waals surface area contributed by atoms with E-state index in [0.29, 0.717) is 17.2 Å². The Bertz CT molecular complexity index is 669. The van der Waals surface area contributed by atoms with Gasteiger partial charge in [-0.25, -0.2) is 9.97 Å². The van der Waals surface area contributed by atoms with Crippen molar-refractivity contribution in [2.24, 2.45) is 5.92 Å². The van der Waals surface area contributed by atoms with Crippen molar-refractivity contribution in [1.29, 1.82) is 0 Å². The second-order valence-corrected chi connectivity index (χ2v) is 5.94. The minimum atomic E-state index is -0.144. The second kappa shape index (κ2) is 6.13. The molecule has 0 radical (unpaired) electrons. The zero-order valence-electron chi connectivity index (χ0n) is 12.9. The quantitative estimate of drug-likeness (QED) is 0.946. The summed E-state index contributed by atoms with van der Waals surface area (Å²) < 4.78 is 0. The molecule has 2 heterocycles. The van der Waals surface area contributed by atoms with Gasteiger partial charge in [-0.15, -0.1) is 0 Å². The maximum absolute atomic E-state index is 12.2. The first kappa shape index (κ1) is 14.5. The third-order valence-electron chi connectivity index (χ3n) is 3.88. The van der Waals surface area contributed by atoms with Crippen molar-refractivity contribution in [2.75, 3.05) is 23.3 Å². The van der Waals surface area contributed by atoms with Crippen LogP contribution < -0.4 is 10.2 Å². The minimum Gasteiger partial charge on any atom is -0.341 e. The van der Waals surface area contributed by atoms with Gasteiger partial charge >= 0.3 is 0 Å². The Kier molecular flexibility index (Phi) is 4.04. The Morgan fingerprint density at radius 1 is 1.32 bits per heavy atom. The Morgan fingerprint density at radius 2 is 2.09 bits per heavy atom. The molecule has 0 bridgehead atoms. The van der Waals surface area contributed by atoms with Gasteiger partial charge in [-0.05, 0) is 31.4 Å². The first-order chi connectivity index (χ1) is 10.6. The van der Waals surface area contributed by atoms with E-state index >= 15 is 0 Å². The maximum atomic E-state index is 12.2. The van der Waals surface area contributed by atoms with Crippen LogP contribution in [-0.4, -0.2) is 29.0 Å². The average Bonchev–Trinajstić information content (AvgIpc) is 2.94. The number of aryl methyl sites for hydroxylation is 1. The fourth-order valence-electron chi connectivity index (χ4n) is 2.66. The van der Waals surface area contributed by atoms with Crippen molar-refractivity contribution in [3.63, 3.8) is 0 Å². The lowest BCUT2D eigenvalue weighted by molar-refractivity contribution is 0.102. The Hall–Kier alpha value is -2.43. The average molecular weight is 296 g/mol. The Balaban J connectivity index is 1.67. The first-order valence-electron chi connectivity index (χ1n) is 7.57. The molecule has 1 saturated heterocycles. The first-order valence-corrected chi connectivity index (χ1v) is 7.57.